The number of hydrogen-bond donors (Lipinski definition) is 0. The number of ether oxygens (including phenoxy) is 1. The van der Waals surface area contributed by atoms with Crippen molar-refractivity contribution in [1.82, 2.24) is 14.9 Å². The standard InChI is InChI=1S/C12H15Cl2N3O/c13-10-9(5-15-11(14)16-10)6-17-3-1-12(2-4-17)7-18-8-12/h5H,1-4,6-8H2. The van der Waals surface area contributed by atoms with Crippen LogP contribution in [0.15, 0.2) is 6.20 Å². The van der Waals surface area contributed by atoms with Gasteiger partial charge in [0, 0.05) is 23.7 Å². The summed E-state index contributed by atoms with van der Waals surface area (Å²) in [5.41, 5.74) is 1.42. The highest BCUT2D eigenvalue weighted by atomic mass is 35.5. The Morgan fingerprint density at radius 2 is 2.00 bits per heavy atom. The van der Waals surface area contributed by atoms with Gasteiger partial charge in [0.25, 0.3) is 0 Å². The topological polar surface area (TPSA) is 38.2 Å². The maximum atomic E-state index is 6.06. The second kappa shape index (κ2) is 4.93. The van der Waals surface area contributed by atoms with Crippen LogP contribution < -0.4 is 0 Å². The Hall–Kier alpha value is -0.420. The van der Waals surface area contributed by atoms with E-state index in [1.165, 1.54) is 12.8 Å². The summed E-state index contributed by atoms with van der Waals surface area (Å²) in [7, 11) is 0. The van der Waals surface area contributed by atoms with Crippen LogP contribution >= 0.6 is 23.2 Å². The lowest BCUT2D eigenvalue weighted by atomic mass is 9.77. The maximum Gasteiger partial charge on any atom is 0.223 e. The lowest BCUT2D eigenvalue weighted by molar-refractivity contribution is -0.140. The number of likely N-dealkylation sites (tertiary alicyclic amines) is 1. The lowest BCUT2D eigenvalue weighted by Gasteiger charge is -2.47. The van der Waals surface area contributed by atoms with E-state index in [4.69, 9.17) is 27.9 Å². The fourth-order valence-electron chi connectivity index (χ4n) is 2.58. The minimum absolute atomic E-state index is 0.202. The molecule has 98 valence electrons. The van der Waals surface area contributed by atoms with Crippen molar-refractivity contribution in [3.8, 4) is 0 Å². The zero-order chi connectivity index (χ0) is 12.6. The Balaban J connectivity index is 1.60. The molecule has 0 N–H and O–H groups in total. The van der Waals surface area contributed by atoms with Crippen LogP contribution in [0.4, 0.5) is 0 Å². The molecule has 0 atom stereocenters. The van der Waals surface area contributed by atoms with E-state index in [-0.39, 0.29) is 5.28 Å². The van der Waals surface area contributed by atoms with Crippen LogP contribution in [-0.4, -0.2) is 41.2 Å². The highest BCUT2D eigenvalue weighted by Crippen LogP contribution is 2.38. The van der Waals surface area contributed by atoms with Gasteiger partial charge in [-0.05, 0) is 37.5 Å². The molecular weight excluding hydrogens is 273 g/mol. The van der Waals surface area contributed by atoms with Crippen LogP contribution in [0.2, 0.25) is 10.4 Å². The summed E-state index contributed by atoms with van der Waals surface area (Å²) in [6, 6.07) is 0. The Morgan fingerprint density at radius 3 is 2.56 bits per heavy atom. The average Bonchev–Trinajstić information content (AvgIpc) is 2.32. The highest BCUT2D eigenvalue weighted by molar-refractivity contribution is 6.32. The van der Waals surface area contributed by atoms with Crippen LogP contribution in [-0.2, 0) is 11.3 Å². The molecule has 4 nitrogen and oxygen atoms in total. The Labute approximate surface area is 116 Å². The number of aromatic nitrogens is 2. The van der Waals surface area contributed by atoms with Crippen LogP contribution in [0.3, 0.4) is 0 Å². The van der Waals surface area contributed by atoms with E-state index in [0.29, 0.717) is 10.6 Å². The van der Waals surface area contributed by atoms with Crippen molar-refractivity contribution in [2.75, 3.05) is 26.3 Å². The molecule has 2 aliphatic heterocycles. The van der Waals surface area contributed by atoms with Crippen molar-refractivity contribution < 1.29 is 4.74 Å². The van der Waals surface area contributed by atoms with Gasteiger partial charge in [0.2, 0.25) is 5.28 Å². The first-order valence-corrected chi connectivity index (χ1v) is 6.90. The molecule has 0 aliphatic carbocycles. The third-order valence-corrected chi connectivity index (χ3v) is 4.42. The minimum atomic E-state index is 0.202. The minimum Gasteiger partial charge on any atom is -0.380 e. The fraction of sp³-hybridized carbons (Fsp3) is 0.667. The number of rotatable bonds is 2. The average molecular weight is 288 g/mol. The van der Waals surface area contributed by atoms with Crippen LogP contribution in [0, 0.1) is 5.41 Å². The van der Waals surface area contributed by atoms with E-state index in [9.17, 15) is 0 Å². The van der Waals surface area contributed by atoms with Crippen LogP contribution in [0.5, 0.6) is 0 Å². The highest BCUT2D eigenvalue weighted by Gasteiger charge is 2.41. The summed E-state index contributed by atoms with van der Waals surface area (Å²) in [5, 5.41) is 0.662. The van der Waals surface area contributed by atoms with E-state index in [1.807, 2.05) is 0 Å². The van der Waals surface area contributed by atoms with Gasteiger partial charge < -0.3 is 4.74 Å². The van der Waals surface area contributed by atoms with E-state index in [0.717, 1.165) is 38.4 Å². The molecule has 0 saturated carbocycles. The summed E-state index contributed by atoms with van der Waals surface area (Å²) in [6.45, 7) is 4.84. The zero-order valence-electron chi connectivity index (χ0n) is 10.0. The van der Waals surface area contributed by atoms with Crippen LogP contribution in [0.25, 0.3) is 0 Å². The van der Waals surface area contributed by atoms with Gasteiger partial charge in [-0.15, -0.1) is 0 Å². The largest absolute Gasteiger partial charge is 0.380 e. The monoisotopic (exact) mass is 287 g/mol. The lowest BCUT2D eigenvalue weighted by Crippen LogP contribution is -2.50. The third kappa shape index (κ3) is 2.48. The van der Waals surface area contributed by atoms with Gasteiger partial charge >= 0.3 is 0 Å². The first-order valence-electron chi connectivity index (χ1n) is 6.14. The van der Waals surface area contributed by atoms with Crippen LogP contribution in [0.1, 0.15) is 18.4 Å². The molecule has 1 spiro atoms. The number of hydrogen-bond acceptors (Lipinski definition) is 4. The Kier molecular flexibility index (Phi) is 3.45. The van der Waals surface area contributed by atoms with E-state index in [1.54, 1.807) is 6.20 Å². The normalized spacial score (nSPS) is 23.0. The quantitative estimate of drug-likeness (QED) is 0.618. The second-order valence-corrected chi connectivity index (χ2v) is 5.92. The van der Waals surface area contributed by atoms with Crippen molar-refractivity contribution >= 4 is 23.2 Å². The number of piperidine rings is 1. The van der Waals surface area contributed by atoms with Crippen molar-refractivity contribution in [2.24, 2.45) is 5.41 Å². The van der Waals surface area contributed by atoms with Gasteiger partial charge in [-0.25, -0.2) is 9.97 Å². The molecule has 18 heavy (non-hydrogen) atoms. The van der Waals surface area contributed by atoms with Gasteiger partial charge in [0.1, 0.15) is 5.15 Å². The molecule has 3 heterocycles. The predicted octanol–water partition coefficient (Wildman–Crippen LogP) is 2.40. The molecule has 2 fully saturated rings. The first kappa shape index (κ1) is 12.6. The zero-order valence-corrected chi connectivity index (χ0v) is 11.5. The summed E-state index contributed by atoms with van der Waals surface area (Å²) in [4.78, 5) is 10.3. The fourth-order valence-corrected chi connectivity index (χ4v) is 2.94. The summed E-state index contributed by atoms with van der Waals surface area (Å²) < 4.78 is 5.33. The molecular formula is C12H15Cl2N3O. The molecule has 0 radical (unpaired) electrons. The van der Waals surface area contributed by atoms with Crippen molar-refractivity contribution in [2.45, 2.75) is 19.4 Å². The summed E-state index contributed by atoms with van der Waals surface area (Å²) >= 11 is 11.8. The van der Waals surface area contributed by atoms with Gasteiger partial charge in [0.15, 0.2) is 0 Å². The molecule has 0 bridgehead atoms. The van der Waals surface area contributed by atoms with Crippen molar-refractivity contribution in [1.29, 1.82) is 0 Å². The van der Waals surface area contributed by atoms with E-state index < -0.39 is 0 Å². The molecule has 0 unspecified atom stereocenters. The van der Waals surface area contributed by atoms with Gasteiger partial charge in [0.05, 0.1) is 13.2 Å². The molecule has 2 aliphatic rings. The Bertz CT molecular complexity index is 441. The third-order valence-electron chi connectivity index (χ3n) is 3.91. The van der Waals surface area contributed by atoms with Gasteiger partial charge in [-0.1, -0.05) is 11.6 Å². The van der Waals surface area contributed by atoms with Crippen molar-refractivity contribution in [3.63, 3.8) is 0 Å². The SMILES string of the molecule is Clc1ncc(CN2CCC3(CC2)COC3)c(Cl)n1. The second-order valence-electron chi connectivity index (χ2n) is 5.22. The molecule has 1 aromatic rings. The molecule has 1 aromatic heterocycles. The number of nitrogens with zero attached hydrogens (tertiary/aromatic N) is 3. The molecule has 0 aromatic carbocycles. The molecule has 0 amide bonds. The van der Waals surface area contributed by atoms with E-state index in [2.05, 4.69) is 14.9 Å². The van der Waals surface area contributed by atoms with E-state index >= 15 is 0 Å². The smallest absolute Gasteiger partial charge is 0.223 e. The summed E-state index contributed by atoms with van der Waals surface area (Å²) in [6.07, 6.45) is 4.13. The predicted molar refractivity (Wildman–Crippen MR) is 69.8 cm³/mol. The number of halogens is 2. The molecule has 6 heteroatoms. The van der Waals surface area contributed by atoms with Crippen molar-refractivity contribution in [3.05, 3.63) is 22.2 Å². The van der Waals surface area contributed by atoms with Gasteiger partial charge in [-0.2, -0.15) is 0 Å². The first-order chi connectivity index (χ1) is 8.67. The Morgan fingerprint density at radius 1 is 1.28 bits per heavy atom. The molecule has 3 rings (SSSR count). The summed E-state index contributed by atoms with van der Waals surface area (Å²) in [5.74, 6) is 0. The van der Waals surface area contributed by atoms with Gasteiger partial charge in [-0.3, -0.25) is 4.90 Å². The molecule has 2 saturated heterocycles. The maximum absolute atomic E-state index is 6.06.